The topological polar surface area (TPSA) is 106 Å². The van der Waals surface area contributed by atoms with E-state index in [4.69, 9.17) is 9.15 Å². The van der Waals surface area contributed by atoms with Crippen LogP contribution < -0.4 is 0 Å². The third-order valence-corrected chi connectivity index (χ3v) is 6.62. The van der Waals surface area contributed by atoms with E-state index >= 15 is 0 Å². The van der Waals surface area contributed by atoms with Crippen LogP contribution in [-0.4, -0.2) is 73.1 Å². The summed E-state index contributed by atoms with van der Waals surface area (Å²) >= 11 is 0. The van der Waals surface area contributed by atoms with Crippen LogP contribution in [0.1, 0.15) is 23.5 Å². The first-order valence-corrected chi connectivity index (χ1v) is 10.3. The molecule has 0 bridgehead atoms. The van der Waals surface area contributed by atoms with Crippen molar-refractivity contribution in [1.82, 2.24) is 19.4 Å². The maximum absolute atomic E-state index is 12.6. The van der Waals surface area contributed by atoms with Crippen LogP contribution in [0.4, 0.5) is 0 Å². The summed E-state index contributed by atoms with van der Waals surface area (Å²) in [5.74, 6) is -0.123. The van der Waals surface area contributed by atoms with Gasteiger partial charge in [-0.2, -0.15) is 4.31 Å². The van der Waals surface area contributed by atoms with E-state index < -0.39 is 10.0 Å². The van der Waals surface area contributed by atoms with Crippen molar-refractivity contribution in [3.05, 3.63) is 30.2 Å². The maximum Gasteiger partial charge on any atom is 0.311 e. The summed E-state index contributed by atoms with van der Waals surface area (Å²) < 4.78 is 37.4. The van der Waals surface area contributed by atoms with E-state index in [9.17, 15) is 13.2 Å². The second kappa shape index (κ2) is 7.37. The van der Waals surface area contributed by atoms with Crippen LogP contribution in [0.15, 0.2) is 33.6 Å². The molecule has 0 atom stereocenters. The average Bonchev–Trinajstić information content (AvgIpc) is 3.40. The smallest absolute Gasteiger partial charge is 0.311 e. The predicted octanol–water partition coefficient (Wildman–Crippen LogP) is 0.993. The Balaban J connectivity index is 1.51. The van der Waals surface area contributed by atoms with Gasteiger partial charge in [0.25, 0.3) is 0 Å². The Morgan fingerprint density at radius 3 is 2.30 bits per heavy atom. The lowest BCUT2D eigenvalue weighted by atomic mass is 10.2. The highest BCUT2D eigenvalue weighted by molar-refractivity contribution is 7.89. The Labute approximate surface area is 157 Å². The van der Waals surface area contributed by atoms with Gasteiger partial charge in [-0.05, 0) is 37.1 Å². The highest BCUT2D eigenvalue weighted by atomic mass is 32.2. The molecule has 3 heterocycles. The molecular formula is C17H20N4O5S. The van der Waals surface area contributed by atoms with Crippen molar-refractivity contribution in [2.45, 2.75) is 17.7 Å². The maximum atomic E-state index is 12.6. The Morgan fingerprint density at radius 2 is 1.63 bits per heavy atom. The van der Waals surface area contributed by atoms with Crippen LogP contribution in [0.3, 0.4) is 0 Å². The van der Waals surface area contributed by atoms with E-state index in [0.29, 0.717) is 45.0 Å². The first-order chi connectivity index (χ1) is 13.1. The summed E-state index contributed by atoms with van der Waals surface area (Å²) in [7, 11) is -3.55. The number of amides is 1. The molecule has 0 aliphatic carbocycles. The summed E-state index contributed by atoms with van der Waals surface area (Å²) in [6, 6.07) is 6.22. The van der Waals surface area contributed by atoms with Crippen molar-refractivity contribution in [1.29, 1.82) is 0 Å². The van der Waals surface area contributed by atoms with Gasteiger partial charge in [0, 0.05) is 31.7 Å². The van der Waals surface area contributed by atoms with Crippen molar-refractivity contribution in [2.24, 2.45) is 0 Å². The minimum atomic E-state index is -3.55. The van der Waals surface area contributed by atoms with Crippen LogP contribution in [-0.2, 0) is 14.8 Å². The molecule has 144 valence electrons. The van der Waals surface area contributed by atoms with Gasteiger partial charge in [-0.25, -0.2) is 8.42 Å². The van der Waals surface area contributed by atoms with Gasteiger partial charge in [0.1, 0.15) is 0 Å². The van der Waals surface area contributed by atoms with Crippen LogP contribution in [0.5, 0.6) is 0 Å². The van der Waals surface area contributed by atoms with Crippen molar-refractivity contribution in [2.75, 3.05) is 39.4 Å². The fourth-order valence-corrected chi connectivity index (χ4v) is 4.60. The Morgan fingerprint density at radius 1 is 0.963 bits per heavy atom. The number of benzene rings is 1. The molecule has 0 radical (unpaired) electrons. The third-order valence-electron chi connectivity index (χ3n) is 4.71. The van der Waals surface area contributed by atoms with Crippen molar-refractivity contribution in [3.8, 4) is 11.5 Å². The molecule has 9 nitrogen and oxygen atoms in total. The SMILES string of the molecule is O=C(c1nnc(-c2ccc(S(=O)(=O)N3CCOCC3)cc2)o1)N1CCCC1. The van der Waals surface area contributed by atoms with E-state index in [2.05, 4.69) is 10.2 Å². The van der Waals surface area contributed by atoms with E-state index in [0.717, 1.165) is 12.8 Å². The number of hydrogen-bond donors (Lipinski definition) is 0. The second-order valence-corrected chi connectivity index (χ2v) is 8.39. The molecule has 4 rings (SSSR count). The largest absolute Gasteiger partial charge is 0.412 e. The van der Waals surface area contributed by atoms with Crippen molar-refractivity contribution >= 4 is 15.9 Å². The lowest BCUT2D eigenvalue weighted by Gasteiger charge is -2.26. The quantitative estimate of drug-likeness (QED) is 0.764. The molecule has 0 spiro atoms. The number of sulfonamides is 1. The molecule has 1 aromatic carbocycles. The number of nitrogens with zero attached hydrogens (tertiary/aromatic N) is 4. The molecule has 2 saturated heterocycles. The number of carbonyl (C=O) groups is 1. The fraction of sp³-hybridized carbons (Fsp3) is 0.471. The Bertz CT molecular complexity index is 913. The molecule has 2 fully saturated rings. The van der Waals surface area contributed by atoms with Crippen LogP contribution in [0.2, 0.25) is 0 Å². The standard InChI is InChI=1S/C17H20N4O5S/c22-17(20-7-1-2-8-20)16-19-18-15(26-16)13-3-5-14(6-4-13)27(23,24)21-9-11-25-12-10-21/h3-6H,1-2,7-12H2. The summed E-state index contributed by atoms with van der Waals surface area (Å²) in [4.78, 5) is 14.2. The number of rotatable bonds is 4. The van der Waals surface area contributed by atoms with Gasteiger partial charge < -0.3 is 14.1 Å². The van der Waals surface area contributed by atoms with Crippen LogP contribution in [0.25, 0.3) is 11.5 Å². The van der Waals surface area contributed by atoms with Gasteiger partial charge in [0.2, 0.25) is 15.9 Å². The van der Waals surface area contributed by atoms with Crippen LogP contribution in [0, 0.1) is 0 Å². The molecule has 2 aromatic rings. The van der Waals surface area contributed by atoms with Gasteiger partial charge in [-0.15, -0.1) is 10.2 Å². The molecule has 27 heavy (non-hydrogen) atoms. The van der Waals surface area contributed by atoms with Gasteiger partial charge in [-0.3, -0.25) is 4.79 Å². The number of ether oxygens (including phenoxy) is 1. The first-order valence-electron chi connectivity index (χ1n) is 8.87. The van der Waals surface area contributed by atoms with Gasteiger partial charge in [0.15, 0.2) is 0 Å². The zero-order chi connectivity index (χ0) is 18.9. The normalized spacial score (nSPS) is 18.7. The molecule has 0 N–H and O–H groups in total. The van der Waals surface area contributed by atoms with Crippen molar-refractivity contribution < 1.29 is 22.4 Å². The average molecular weight is 392 g/mol. The van der Waals surface area contributed by atoms with E-state index in [1.54, 1.807) is 17.0 Å². The van der Waals surface area contributed by atoms with E-state index in [-0.39, 0.29) is 22.6 Å². The van der Waals surface area contributed by atoms with E-state index in [1.807, 2.05) is 0 Å². The Kier molecular flexibility index (Phi) is 4.94. The summed E-state index contributed by atoms with van der Waals surface area (Å²) in [5.41, 5.74) is 0.559. The molecule has 2 aliphatic rings. The lowest BCUT2D eigenvalue weighted by Crippen LogP contribution is -2.40. The monoisotopic (exact) mass is 392 g/mol. The highest BCUT2D eigenvalue weighted by Crippen LogP contribution is 2.23. The fourth-order valence-electron chi connectivity index (χ4n) is 3.19. The van der Waals surface area contributed by atoms with Crippen LogP contribution >= 0.6 is 0 Å². The zero-order valence-corrected chi connectivity index (χ0v) is 15.5. The summed E-state index contributed by atoms with van der Waals surface area (Å²) in [5, 5.41) is 7.75. The second-order valence-electron chi connectivity index (χ2n) is 6.45. The molecule has 2 aliphatic heterocycles. The predicted molar refractivity (Wildman–Crippen MR) is 94.4 cm³/mol. The minimum Gasteiger partial charge on any atom is -0.412 e. The zero-order valence-electron chi connectivity index (χ0n) is 14.7. The summed E-state index contributed by atoms with van der Waals surface area (Å²) in [6.07, 6.45) is 1.96. The number of aromatic nitrogens is 2. The third kappa shape index (κ3) is 3.60. The first kappa shape index (κ1) is 18.1. The Hall–Kier alpha value is -2.30. The summed E-state index contributed by atoms with van der Waals surface area (Å²) in [6.45, 7) is 2.88. The number of hydrogen-bond acceptors (Lipinski definition) is 7. The number of carbonyl (C=O) groups excluding carboxylic acids is 1. The van der Waals surface area contributed by atoms with Gasteiger partial charge >= 0.3 is 11.8 Å². The number of morpholine rings is 1. The molecule has 1 amide bonds. The lowest BCUT2D eigenvalue weighted by molar-refractivity contribution is 0.0730. The molecule has 1 aromatic heterocycles. The molecule has 0 unspecified atom stereocenters. The van der Waals surface area contributed by atoms with E-state index in [1.165, 1.54) is 16.4 Å². The highest BCUT2D eigenvalue weighted by Gasteiger charge is 2.27. The van der Waals surface area contributed by atoms with Crippen molar-refractivity contribution in [3.63, 3.8) is 0 Å². The van der Waals surface area contributed by atoms with Gasteiger partial charge in [0.05, 0.1) is 18.1 Å². The van der Waals surface area contributed by atoms with Gasteiger partial charge in [-0.1, -0.05) is 0 Å². The molecule has 0 saturated carbocycles. The molecule has 10 heteroatoms. The minimum absolute atomic E-state index is 0.0445. The molecular weight excluding hydrogens is 372 g/mol. The number of likely N-dealkylation sites (tertiary alicyclic amines) is 1.